The number of hydrogen-bond acceptors (Lipinski definition) is 6. The van der Waals surface area contributed by atoms with Crippen LogP contribution in [0.25, 0.3) is 22.8 Å². The summed E-state index contributed by atoms with van der Waals surface area (Å²) in [5, 5.41) is 8.56. The van der Waals surface area contributed by atoms with E-state index in [9.17, 15) is 0 Å². The van der Waals surface area contributed by atoms with E-state index in [2.05, 4.69) is 25.1 Å². The molecule has 3 rings (SSSR count). The molecule has 104 valence electrons. The van der Waals surface area contributed by atoms with Crippen molar-refractivity contribution in [3.05, 3.63) is 47.2 Å². The molecule has 0 unspecified atom stereocenters. The van der Waals surface area contributed by atoms with E-state index in [1.807, 2.05) is 19.1 Å². The fourth-order valence-corrected chi connectivity index (χ4v) is 2.27. The Morgan fingerprint density at radius 3 is 2.48 bits per heavy atom. The molecule has 7 heteroatoms. The van der Waals surface area contributed by atoms with Gasteiger partial charge in [0.2, 0.25) is 5.95 Å². The van der Waals surface area contributed by atoms with E-state index in [0.29, 0.717) is 22.2 Å². The van der Waals surface area contributed by atoms with Crippen molar-refractivity contribution < 1.29 is 0 Å². The van der Waals surface area contributed by atoms with E-state index in [1.54, 1.807) is 24.5 Å². The Kier molecular flexibility index (Phi) is 3.45. The lowest BCUT2D eigenvalue weighted by Gasteiger charge is -2.08. The topological polar surface area (TPSA) is 90.5 Å². The molecule has 0 atom stereocenters. The summed E-state index contributed by atoms with van der Waals surface area (Å²) in [6.45, 7) is 1.95. The van der Waals surface area contributed by atoms with Gasteiger partial charge in [0.05, 0.1) is 0 Å². The summed E-state index contributed by atoms with van der Waals surface area (Å²) >= 11 is 6.11. The molecule has 0 radical (unpaired) electrons. The smallest absolute Gasteiger partial charge is 0.240 e. The predicted octanol–water partition coefficient (Wildman–Crippen LogP) is 2.54. The second-order valence-electron chi connectivity index (χ2n) is 4.46. The van der Waals surface area contributed by atoms with Gasteiger partial charge >= 0.3 is 0 Å². The van der Waals surface area contributed by atoms with Crippen LogP contribution >= 0.6 is 11.6 Å². The zero-order valence-electron chi connectivity index (χ0n) is 11.2. The Bertz CT molecular complexity index is 770. The number of benzene rings is 1. The molecule has 0 saturated heterocycles. The highest BCUT2D eigenvalue weighted by atomic mass is 35.5. The molecule has 0 aliphatic heterocycles. The van der Waals surface area contributed by atoms with Crippen molar-refractivity contribution in [2.75, 3.05) is 5.73 Å². The van der Waals surface area contributed by atoms with Crippen molar-refractivity contribution in [3.8, 4) is 22.8 Å². The van der Waals surface area contributed by atoms with Gasteiger partial charge in [-0.3, -0.25) is 0 Å². The SMILES string of the molecule is Cc1cc(Cl)cc(-c2nnc(N)nc2-c2ncccn2)c1. The van der Waals surface area contributed by atoms with E-state index in [1.165, 1.54) is 0 Å². The lowest BCUT2D eigenvalue weighted by atomic mass is 10.1. The number of aromatic nitrogens is 5. The van der Waals surface area contributed by atoms with Gasteiger partial charge in [0, 0.05) is 23.0 Å². The molecule has 2 N–H and O–H groups in total. The Morgan fingerprint density at radius 2 is 1.76 bits per heavy atom. The average molecular weight is 299 g/mol. The van der Waals surface area contributed by atoms with Crippen LogP contribution < -0.4 is 5.73 Å². The Labute approximate surface area is 126 Å². The predicted molar refractivity (Wildman–Crippen MR) is 80.4 cm³/mol. The maximum absolute atomic E-state index is 6.11. The molecule has 0 fully saturated rings. The first-order chi connectivity index (χ1) is 10.1. The molecule has 6 nitrogen and oxygen atoms in total. The van der Waals surface area contributed by atoms with E-state index in [0.717, 1.165) is 11.1 Å². The molecule has 2 aromatic heterocycles. The van der Waals surface area contributed by atoms with Crippen molar-refractivity contribution >= 4 is 17.5 Å². The van der Waals surface area contributed by atoms with Crippen LogP contribution in [0.3, 0.4) is 0 Å². The highest BCUT2D eigenvalue weighted by molar-refractivity contribution is 6.31. The molecular weight excluding hydrogens is 288 g/mol. The van der Waals surface area contributed by atoms with Gasteiger partial charge in [0.15, 0.2) is 5.82 Å². The van der Waals surface area contributed by atoms with Crippen LogP contribution in [0.1, 0.15) is 5.56 Å². The summed E-state index contributed by atoms with van der Waals surface area (Å²) in [7, 11) is 0. The van der Waals surface area contributed by atoms with Crippen LogP contribution in [0.4, 0.5) is 5.95 Å². The third-order valence-electron chi connectivity index (χ3n) is 2.80. The number of hydrogen-bond donors (Lipinski definition) is 1. The van der Waals surface area contributed by atoms with Gasteiger partial charge in [0.25, 0.3) is 0 Å². The van der Waals surface area contributed by atoms with Gasteiger partial charge in [-0.25, -0.2) is 15.0 Å². The standard InChI is InChI=1S/C14H11ClN6/c1-8-5-9(7-10(15)6-8)11-12(19-14(16)21-20-11)13-17-3-2-4-18-13/h2-7H,1H3,(H2,16,19,21). The largest absolute Gasteiger partial charge is 0.366 e. The van der Waals surface area contributed by atoms with E-state index in [4.69, 9.17) is 17.3 Å². The minimum absolute atomic E-state index is 0.0694. The van der Waals surface area contributed by atoms with Crippen molar-refractivity contribution in [1.82, 2.24) is 25.1 Å². The summed E-state index contributed by atoms with van der Waals surface area (Å²) in [5.74, 6) is 0.506. The lowest BCUT2D eigenvalue weighted by Crippen LogP contribution is -2.04. The van der Waals surface area contributed by atoms with E-state index in [-0.39, 0.29) is 5.95 Å². The summed E-state index contributed by atoms with van der Waals surface area (Å²) < 4.78 is 0. The second-order valence-corrected chi connectivity index (χ2v) is 4.89. The van der Waals surface area contributed by atoms with Crippen molar-refractivity contribution in [2.24, 2.45) is 0 Å². The monoisotopic (exact) mass is 298 g/mol. The number of nitrogens with zero attached hydrogens (tertiary/aromatic N) is 5. The van der Waals surface area contributed by atoms with Gasteiger partial charge in [-0.2, -0.15) is 0 Å². The normalized spacial score (nSPS) is 10.6. The molecule has 0 aliphatic rings. The Balaban J connectivity index is 2.23. The average Bonchev–Trinajstić information content (AvgIpc) is 2.47. The van der Waals surface area contributed by atoms with Crippen LogP contribution in [-0.4, -0.2) is 25.1 Å². The molecule has 2 heterocycles. The van der Waals surface area contributed by atoms with Crippen LogP contribution in [0.15, 0.2) is 36.7 Å². The molecule has 0 saturated carbocycles. The number of rotatable bonds is 2. The lowest BCUT2D eigenvalue weighted by molar-refractivity contribution is 0.984. The first kappa shape index (κ1) is 13.4. The van der Waals surface area contributed by atoms with Gasteiger partial charge in [-0.05, 0) is 36.8 Å². The van der Waals surface area contributed by atoms with Crippen LogP contribution in [0.5, 0.6) is 0 Å². The summed E-state index contributed by atoms with van der Waals surface area (Å²) in [5.41, 5.74) is 8.46. The van der Waals surface area contributed by atoms with Gasteiger partial charge in [-0.1, -0.05) is 11.6 Å². The minimum Gasteiger partial charge on any atom is -0.366 e. The number of halogens is 1. The second kappa shape index (κ2) is 5.41. The van der Waals surface area contributed by atoms with Crippen molar-refractivity contribution in [2.45, 2.75) is 6.92 Å². The third kappa shape index (κ3) is 2.80. The van der Waals surface area contributed by atoms with Crippen molar-refractivity contribution in [3.63, 3.8) is 0 Å². The number of anilines is 1. The number of nitrogens with two attached hydrogens (primary N) is 1. The van der Waals surface area contributed by atoms with Crippen LogP contribution in [-0.2, 0) is 0 Å². The summed E-state index contributed by atoms with van der Waals surface area (Å²) in [6.07, 6.45) is 3.27. The maximum atomic E-state index is 6.11. The highest BCUT2D eigenvalue weighted by Gasteiger charge is 2.15. The summed E-state index contributed by atoms with van der Waals surface area (Å²) in [6, 6.07) is 7.33. The zero-order valence-corrected chi connectivity index (χ0v) is 11.9. The van der Waals surface area contributed by atoms with Crippen LogP contribution in [0.2, 0.25) is 5.02 Å². The molecular formula is C14H11ClN6. The van der Waals surface area contributed by atoms with E-state index < -0.39 is 0 Å². The van der Waals surface area contributed by atoms with Crippen molar-refractivity contribution in [1.29, 1.82) is 0 Å². The van der Waals surface area contributed by atoms with Crippen LogP contribution in [0, 0.1) is 6.92 Å². The molecule has 0 bridgehead atoms. The zero-order chi connectivity index (χ0) is 14.8. The highest BCUT2D eigenvalue weighted by Crippen LogP contribution is 2.29. The summed E-state index contributed by atoms with van der Waals surface area (Å²) in [4.78, 5) is 12.6. The fourth-order valence-electron chi connectivity index (χ4n) is 1.98. The molecule has 3 aromatic rings. The molecule has 0 spiro atoms. The molecule has 0 aliphatic carbocycles. The number of aryl methyl sites for hydroxylation is 1. The quantitative estimate of drug-likeness (QED) is 0.782. The first-order valence-corrected chi connectivity index (χ1v) is 6.56. The Morgan fingerprint density at radius 1 is 1.00 bits per heavy atom. The van der Waals surface area contributed by atoms with Gasteiger partial charge < -0.3 is 5.73 Å². The fraction of sp³-hybridized carbons (Fsp3) is 0.0714. The van der Waals surface area contributed by atoms with Gasteiger partial charge in [0.1, 0.15) is 11.4 Å². The van der Waals surface area contributed by atoms with E-state index >= 15 is 0 Å². The molecule has 1 aromatic carbocycles. The number of nitrogen functional groups attached to an aromatic ring is 1. The maximum Gasteiger partial charge on any atom is 0.240 e. The molecule has 21 heavy (non-hydrogen) atoms. The Hall–Kier alpha value is -2.60. The first-order valence-electron chi connectivity index (χ1n) is 6.18. The minimum atomic E-state index is 0.0694. The van der Waals surface area contributed by atoms with Gasteiger partial charge in [-0.15, -0.1) is 10.2 Å². The molecule has 0 amide bonds. The third-order valence-corrected chi connectivity index (χ3v) is 3.01.